The van der Waals surface area contributed by atoms with Crippen molar-refractivity contribution in [3.63, 3.8) is 0 Å². The molecule has 3 amide bonds. The Labute approximate surface area is 395 Å². The fourth-order valence-electron chi connectivity index (χ4n) is 7.40. The molecule has 0 saturated carbocycles. The smallest absolute Gasteiger partial charge is 0.410 e. The van der Waals surface area contributed by atoms with Gasteiger partial charge in [-0.05, 0) is 102 Å². The number of benzene rings is 2. The molecule has 0 bridgehead atoms. The number of nitrogens with one attached hydrogen (secondary N) is 5. The van der Waals surface area contributed by atoms with E-state index in [2.05, 4.69) is 59.3 Å². The van der Waals surface area contributed by atoms with Gasteiger partial charge < -0.3 is 36.2 Å². The van der Waals surface area contributed by atoms with Crippen LogP contribution in [0.4, 0.5) is 23.6 Å². The highest BCUT2D eigenvalue weighted by Gasteiger charge is 2.32. The zero-order chi connectivity index (χ0) is 46.4. The fraction of sp³-hybridized carbons (Fsp3) is 0.468. The molecule has 0 unspecified atom stereocenters. The molecule has 5 N–H and O–H groups in total. The lowest BCUT2D eigenvalue weighted by molar-refractivity contribution is -0.116. The van der Waals surface area contributed by atoms with Gasteiger partial charge in [0, 0.05) is 84.1 Å². The van der Waals surface area contributed by atoms with Crippen molar-refractivity contribution >= 4 is 93.7 Å². The lowest BCUT2D eigenvalue weighted by Gasteiger charge is -2.30. The number of amides is 3. The summed E-state index contributed by atoms with van der Waals surface area (Å²) in [6.07, 6.45) is 3.98. The minimum absolute atomic E-state index is 0.000708. The SMILES string of the molecule is CC[C@@H](C)NCCC(=O)Nc1sc2c(c1-c1nc3cc(F)ccc3s1)CCN(C(=O)OC(C)(C)C)C2.CC[C@@H](C)NCCC(=O)Nc1sc2c(c1-c1nc3cc(F)ccc3s1)CCNC2. The molecule has 0 aliphatic carbocycles. The summed E-state index contributed by atoms with van der Waals surface area (Å²) in [5, 5.41) is 19.5. The van der Waals surface area contributed by atoms with E-state index in [1.54, 1.807) is 39.7 Å². The first-order valence-corrected chi connectivity index (χ1v) is 25.5. The number of fused-ring (bicyclic) bond motifs is 4. The number of halogens is 2. The number of nitrogens with zero attached hydrogens (tertiary/aromatic N) is 3. The number of hydrogen-bond donors (Lipinski definition) is 5. The Morgan fingerprint density at radius 1 is 0.769 bits per heavy atom. The molecule has 6 aromatic rings. The number of carbonyl (C=O) groups is 3. The van der Waals surface area contributed by atoms with Crippen LogP contribution in [0, 0.1) is 11.6 Å². The van der Waals surface area contributed by atoms with Crippen molar-refractivity contribution in [1.82, 2.24) is 30.8 Å². The Kier molecular flexibility index (Phi) is 16.0. The molecule has 0 radical (unpaired) electrons. The van der Waals surface area contributed by atoms with Crippen molar-refractivity contribution in [2.45, 2.75) is 118 Å². The molecule has 0 saturated heterocycles. The Bertz CT molecular complexity index is 2650. The first-order chi connectivity index (χ1) is 31.1. The number of thiazole rings is 2. The van der Waals surface area contributed by atoms with Crippen molar-refractivity contribution in [1.29, 1.82) is 0 Å². The zero-order valence-electron chi connectivity index (χ0n) is 38.0. The standard InChI is InChI=1S/C26H33FN4O3S2.C21H25FN4OS2/c1-6-15(2)28-11-9-21(32)30-24-22(23-29-18-13-16(27)7-8-19(18)35-23)17-10-12-31(14-20(17)36-24)25(33)34-26(3,4)5;1-3-12(2)24-9-7-18(27)26-21-19(14-6-8-23-11-17(14)29-21)20-25-15-10-13(22)4-5-16(15)28-20/h7-8,13,15,28H,6,9-12,14H2,1-5H3,(H,30,32);4-5,10,12,23-24H,3,6-9,11H2,1-2H3,(H,26,27)/t15-;12-/m11/s1. The largest absolute Gasteiger partial charge is 0.444 e. The highest BCUT2D eigenvalue weighted by molar-refractivity contribution is 7.23. The van der Waals surface area contributed by atoms with E-state index < -0.39 is 5.60 Å². The molecule has 2 atom stereocenters. The number of rotatable bonds is 14. The number of aromatic nitrogens is 2. The van der Waals surface area contributed by atoms with Gasteiger partial charge in [-0.15, -0.1) is 45.3 Å². The monoisotopic (exact) mass is 964 g/mol. The average Bonchev–Trinajstić information content (AvgIpc) is 4.04. The Morgan fingerprint density at radius 2 is 1.28 bits per heavy atom. The highest BCUT2D eigenvalue weighted by Crippen LogP contribution is 2.47. The van der Waals surface area contributed by atoms with Gasteiger partial charge in [-0.2, -0.15) is 0 Å². The summed E-state index contributed by atoms with van der Waals surface area (Å²) < 4.78 is 34.8. The molecule has 18 heteroatoms. The molecule has 2 aromatic carbocycles. The van der Waals surface area contributed by atoms with Gasteiger partial charge in [-0.1, -0.05) is 13.8 Å². The van der Waals surface area contributed by atoms with Gasteiger partial charge in [0.05, 0.1) is 27.0 Å². The van der Waals surface area contributed by atoms with Crippen LogP contribution in [0.5, 0.6) is 0 Å². The maximum Gasteiger partial charge on any atom is 0.410 e. The Hall–Kier alpha value is -4.43. The lowest BCUT2D eigenvalue weighted by Crippen LogP contribution is -2.39. The van der Waals surface area contributed by atoms with Crippen LogP contribution >= 0.6 is 45.3 Å². The molecular formula is C47H58F2N8O4S4. The summed E-state index contributed by atoms with van der Waals surface area (Å²) in [5.74, 6) is -0.696. The van der Waals surface area contributed by atoms with Crippen molar-refractivity contribution in [3.8, 4) is 21.1 Å². The average molecular weight is 965 g/mol. The van der Waals surface area contributed by atoms with Crippen LogP contribution in [0.15, 0.2) is 36.4 Å². The van der Waals surface area contributed by atoms with Gasteiger partial charge in [-0.25, -0.2) is 23.5 Å². The van der Waals surface area contributed by atoms with Crippen LogP contribution in [-0.2, 0) is 40.3 Å². The molecule has 0 spiro atoms. The van der Waals surface area contributed by atoms with Crippen LogP contribution in [0.3, 0.4) is 0 Å². The van der Waals surface area contributed by atoms with E-state index in [9.17, 15) is 23.2 Å². The first kappa shape index (κ1) is 48.5. The lowest BCUT2D eigenvalue weighted by atomic mass is 10.0. The minimum atomic E-state index is -0.573. The predicted molar refractivity (Wildman–Crippen MR) is 264 cm³/mol. The van der Waals surface area contributed by atoms with E-state index in [1.165, 1.54) is 57.4 Å². The van der Waals surface area contributed by atoms with Gasteiger partial charge >= 0.3 is 6.09 Å². The van der Waals surface area contributed by atoms with Gasteiger partial charge in [0.2, 0.25) is 11.8 Å². The van der Waals surface area contributed by atoms with Crippen LogP contribution in [-0.4, -0.2) is 76.6 Å². The van der Waals surface area contributed by atoms with Gasteiger partial charge in [0.25, 0.3) is 0 Å². The highest BCUT2D eigenvalue weighted by atomic mass is 32.1. The van der Waals surface area contributed by atoms with Crippen molar-refractivity contribution < 1.29 is 27.9 Å². The van der Waals surface area contributed by atoms with E-state index in [4.69, 9.17) is 9.72 Å². The number of anilines is 2. The zero-order valence-corrected chi connectivity index (χ0v) is 41.2. The molecule has 12 nitrogen and oxygen atoms in total. The first-order valence-electron chi connectivity index (χ1n) is 22.3. The molecule has 6 heterocycles. The summed E-state index contributed by atoms with van der Waals surface area (Å²) in [7, 11) is 0. The van der Waals surface area contributed by atoms with Crippen LogP contribution < -0.4 is 26.6 Å². The van der Waals surface area contributed by atoms with Crippen molar-refractivity contribution in [2.75, 3.05) is 36.8 Å². The number of thiophene rings is 2. The molecule has 348 valence electrons. The van der Waals surface area contributed by atoms with E-state index >= 15 is 0 Å². The summed E-state index contributed by atoms with van der Waals surface area (Å²) in [6.45, 7) is 17.9. The van der Waals surface area contributed by atoms with Crippen LogP contribution in [0.25, 0.3) is 41.6 Å². The maximum atomic E-state index is 13.8. The molecule has 8 rings (SSSR count). The summed E-state index contributed by atoms with van der Waals surface area (Å²) in [4.78, 5) is 51.4. The maximum absolute atomic E-state index is 13.8. The van der Waals surface area contributed by atoms with E-state index in [0.29, 0.717) is 68.6 Å². The molecular weight excluding hydrogens is 907 g/mol. The molecule has 4 aromatic heterocycles. The quantitative estimate of drug-likeness (QED) is 0.0719. The minimum Gasteiger partial charge on any atom is -0.444 e. The molecule has 2 aliphatic rings. The van der Waals surface area contributed by atoms with Crippen molar-refractivity contribution in [2.24, 2.45) is 0 Å². The summed E-state index contributed by atoms with van der Waals surface area (Å²) in [5.41, 5.74) is 4.90. The summed E-state index contributed by atoms with van der Waals surface area (Å²) in [6, 6.07) is 10.0. The van der Waals surface area contributed by atoms with E-state index in [0.717, 1.165) is 83.3 Å². The van der Waals surface area contributed by atoms with Gasteiger partial charge in [0.1, 0.15) is 37.3 Å². The number of carbonyl (C=O) groups excluding carboxylic acids is 3. The van der Waals surface area contributed by atoms with Crippen molar-refractivity contribution in [3.05, 3.63) is 68.9 Å². The Morgan fingerprint density at radius 3 is 1.78 bits per heavy atom. The molecule has 0 fully saturated rings. The summed E-state index contributed by atoms with van der Waals surface area (Å²) >= 11 is 6.12. The van der Waals surface area contributed by atoms with Gasteiger partial charge in [0.15, 0.2) is 0 Å². The number of hydrogen-bond acceptors (Lipinski definition) is 13. The normalized spacial score (nSPS) is 14.6. The third-order valence-corrected chi connectivity index (χ3v) is 15.6. The van der Waals surface area contributed by atoms with Crippen LogP contribution in [0.1, 0.15) is 95.0 Å². The fourth-order valence-corrected chi connectivity index (χ4v) is 12.1. The third-order valence-electron chi connectivity index (χ3n) is 11.2. The van der Waals surface area contributed by atoms with Crippen LogP contribution in [0.2, 0.25) is 0 Å². The second-order valence-electron chi connectivity index (χ2n) is 17.4. The number of ether oxygens (including phenoxy) is 1. The topological polar surface area (TPSA) is 150 Å². The second kappa shape index (κ2) is 21.5. The van der Waals surface area contributed by atoms with E-state index in [-0.39, 0.29) is 29.5 Å². The van der Waals surface area contributed by atoms with Gasteiger partial charge in [-0.3, -0.25) is 9.59 Å². The second-order valence-corrected chi connectivity index (χ2v) is 21.7. The predicted octanol–water partition coefficient (Wildman–Crippen LogP) is 10.7. The molecule has 2 aliphatic heterocycles. The Balaban J connectivity index is 0.000000198. The van der Waals surface area contributed by atoms with E-state index in [1.807, 2.05) is 20.8 Å². The molecule has 65 heavy (non-hydrogen) atoms. The third kappa shape index (κ3) is 12.3.